The molecule has 0 aliphatic heterocycles. The topological polar surface area (TPSA) is 74.6 Å². The second-order valence-corrected chi connectivity index (χ2v) is 9.20. The molecule has 4 nitrogen and oxygen atoms in total. The number of hydrogen-bond acceptors (Lipinski definition) is 2. The molecule has 1 aromatic carbocycles. The number of carbonyl (C=O) groups is 2. The zero-order chi connectivity index (χ0) is 20.2. The van der Waals surface area contributed by atoms with E-state index in [4.69, 9.17) is 0 Å². The van der Waals surface area contributed by atoms with Gasteiger partial charge in [-0.1, -0.05) is 37.5 Å². The number of hydrogen-bond donors (Lipinski definition) is 2. The third kappa shape index (κ3) is 5.15. The first kappa shape index (κ1) is 20.9. The van der Waals surface area contributed by atoms with Crippen molar-refractivity contribution in [2.45, 2.75) is 90.4 Å². The van der Waals surface area contributed by atoms with E-state index in [0.29, 0.717) is 0 Å². The fourth-order valence-electron chi connectivity index (χ4n) is 4.34. The summed E-state index contributed by atoms with van der Waals surface area (Å²) in [6, 6.07) is 6.72. The van der Waals surface area contributed by atoms with Gasteiger partial charge in [-0.3, -0.25) is 9.59 Å². The summed E-state index contributed by atoms with van der Waals surface area (Å²) in [5, 5.41) is 18.5. The van der Waals surface area contributed by atoms with Crippen molar-refractivity contribution in [2.24, 2.45) is 10.8 Å². The van der Waals surface area contributed by atoms with Gasteiger partial charge in [-0.15, -0.1) is 0 Å². The Hall–Kier alpha value is -1.84. The molecular weight excluding hydrogens is 352 g/mol. The molecule has 2 aliphatic carbocycles. The summed E-state index contributed by atoms with van der Waals surface area (Å²) in [5.41, 5.74) is 3.31. The summed E-state index contributed by atoms with van der Waals surface area (Å²) < 4.78 is 0. The zero-order valence-electron chi connectivity index (χ0n) is 17.1. The summed E-state index contributed by atoms with van der Waals surface area (Å²) in [5.74, 6) is -1.21. The van der Waals surface area contributed by atoms with Gasteiger partial charge in [0.1, 0.15) is 0 Å². The van der Waals surface area contributed by atoms with Gasteiger partial charge in [0.25, 0.3) is 0 Å². The standard InChI is InChI=1S/C24H34O4/c1-18-9-10-19(7-4-6-12-24(15-16-24)22(27)28)17-20(18)8-3-2-5-11-23(13-14-23)21(25)26/h9-10,17H,2-8,11-16H2,1H3,(H,25,26)(H,27,28). The maximum Gasteiger partial charge on any atom is 0.309 e. The van der Waals surface area contributed by atoms with Crippen molar-refractivity contribution in [2.75, 3.05) is 0 Å². The molecule has 0 spiro atoms. The Morgan fingerprint density at radius 3 is 1.89 bits per heavy atom. The summed E-state index contributed by atoms with van der Waals surface area (Å²) in [7, 11) is 0. The highest BCUT2D eigenvalue weighted by atomic mass is 16.4. The van der Waals surface area contributed by atoms with Gasteiger partial charge in [0.15, 0.2) is 0 Å². The molecule has 0 saturated heterocycles. The second-order valence-electron chi connectivity index (χ2n) is 9.20. The Bertz CT molecular complexity index is 713. The fourth-order valence-corrected chi connectivity index (χ4v) is 4.34. The van der Waals surface area contributed by atoms with Crippen molar-refractivity contribution in [3.63, 3.8) is 0 Å². The van der Waals surface area contributed by atoms with E-state index in [-0.39, 0.29) is 5.41 Å². The third-order valence-corrected chi connectivity index (χ3v) is 7.00. The minimum Gasteiger partial charge on any atom is -0.481 e. The average Bonchev–Trinajstić information content (AvgIpc) is 3.56. The van der Waals surface area contributed by atoms with Crippen molar-refractivity contribution in [3.8, 4) is 0 Å². The maximum absolute atomic E-state index is 11.2. The molecule has 2 aliphatic rings. The number of carboxylic acid groups (broad SMARTS) is 2. The minimum absolute atomic E-state index is 0.379. The Labute approximate surface area is 168 Å². The molecular formula is C24H34O4. The summed E-state index contributed by atoms with van der Waals surface area (Å²) in [6.45, 7) is 2.16. The van der Waals surface area contributed by atoms with Crippen LogP contribution in [0.2, 0.25) is 0 Å². The first-order chi connectivity index (χ1) is 13.4. The van der Waals surface area contributed by atoms with E-state index in [1.54, 1.807) is 0 Å². The smallest absolute Gasteiger partial charge is 0.309 e. The van der Waals surface area contributed by atoms with Crippen molar-refractivity contribution in [1.82, 2.24) is 0 Å². The van der Waals surface area contributed by atoms with Crippen LogP contribution in [0.5, 0.6) is 0 Å². The highest BCUT2D eigenvalue weighted by Gasteiger charge is 2.49. The number of aryl methyl sites for hydroxylation is 3. The van der Waals surface area contributed by atoms with Crippen LogP contribution in [-0.2, 0) is 22.4 Å². The molecule has 0 radical (unpaired) electrons. The van der Waals surface area contributed by atoms with Gasteiger partial charge in [0.05, 0.1) is 10.8 Å². The number of carboxylic acids is 2. The van der Waals surface area contributed by atoms with Gasteiger partial charge in [-0.25, -0.2) is 0 Å². The van der Waals surface area contributed by atoms with E-state index in [9.17, 15) is 19.8 Å². The van der Waals surface area contributed by atoms with E-state index in [2.05, 4.69) is 25.1 Å². The van der Waals surface area contributed by atoms with Crippen LogP contribution in [-0.4, -0.2) is 22.2 Å². The highest BCUT2D eigenvalue weighted by Crippen LogP contribution is 2.50. The van der Waals surface area contributed by atoms with Crippen LogP contribution in [0, 0.1) is 17.8 Å². The molecule has 0 amide bonds. The normalized spacial score (nSPS) is 18.6. The van der Waals surface area contributed by atoms with E-state index < -0.39 is 17.4 Å². The predicted molar refractivity (Wildman–Crippen MR) is 110 cm³/mol. The maximum atomic E-state index is 11.2. The molecule has 0 unspecified atom stereocenters. The van der Waals surface area contributed by atoms with Gasteiger partial charge in [0, 0.05) is 0 Å². The summed E-state index contributed by atoms with van der Waals surface area (Å²) >= 11 is 0. The van der Waals surface area contributed by atoms with Crippen LogP contribution < -0.4 is 0 Å². The number of benzene rings is 1. The van der Waals surface area contributed by atoms with Crippen LogP contribution in [0.4, 0.5) is 0 Å². The second kappa shape index (κ2) is 8.67. The molecule has 0 atom stereocenters. The molecule has 2 N–H and O–H groups in total. The molecule has 28 heavy (non-hydrogen) atoms. The SMILES string of the molecule is Cc1ccc(CCCCC2(C(=O)O)CC2)cc1CCCCCC1(C(=O)O)CC1. The van der Waals surface area contributed by atoms with Crippen LogP contribution in [0.25, 0.3) is 0 Å². The Balaban J connectivity index is 1.37. The molecule has 154 valence electrons. The molecule has 4 heteroatoms. The number of rotatable bonds is 13. The summed E-state index contributed by atoms with van der Waals surface area (Å²) in [4.78, 5) is 22.5. The molecule has 2 saturated carbocycles. The van der Waals surface area contributed by atoms with Crippen LogP contribution in [0.1, 0.15) is 87.3 Å². The lowest BCUT2D eigenvalue weighted by molar-refractivity contribution is -0.144. The van der Waals surface area contributed by atoms with Crippen molar-refractivity contribution < 1.29 is 19.8 Å². The highest BCUT2D eigenvalue weighted by molar-refractivity contribution is 5.78. The van der Waals surface area contributed by atoms with Crippen molar-refractivity contribution in [1.29, 1.82) is 0 Å². The Morgan fingerprint density at radius 1 is 0.821 bits per heavy atom. The number of aliphatic carboxylic acids is 2. The zero-order valence-corrected chi connectivity index (χ0v) is 17.1. The summed E-state index contributed by atoms with van der Waals surface area (Å²) in [6.07, 6.45) is 12.4. The van der Waals surface area contributed by atoms with Gasteiger partial charge in [-0.2, -0.15) is 0 Å². The van der Waals surface area contributed by atoms with Gasteiger partial charge in [-0.05, 0) is 87.8 Å². The van der Waals surface area contributed by atoms with Crippen LogP contribution in [0.15, 0.2) is 18.2 Å². The molecule has 3 rings (SSSR count). The van der Waals surface area contributed by atoms with Crippen LogP contribution >= 0.6 is 0 Å². The monoisotopic (exact) mass is 386 g/mol. The average molecular weight is 387 g/mol. The molecule has 0 bridgehead atoms. The van der Waals surface area contributed by atoms with Crippen molar-refractivity contribution >= 4 is 11.9 Å². The van der Waals surface area contributed by atoms with E-state index in [1.807, 2.05) is 0 Å². The molecule has 0 heterocycles. The van der Waals surface area contributed by atoms with Crippen LogP contribution in [0.3, 0.4) is 0 Å². The van der Waals surface area contributed by atoms with E-state index in [0.717, 1.165) is 83.5 Å². The van der Waals surface area contributed by atoms with Gasteiger partial charge in [0.2, 0.25) is 0 Å². The molecule has 2 fully saturated rings. The molecule has 0 aromatic heterocycles. The van der Waals surface area contributed by atoms with Gasteiger partial charge >= 0.3 is 11.9 Å². The lowest BCUT2D eigenvalue weighted by Crippen LogP contribution is -2.14. The van der Waals surface area contributed by atoms with Crippen molar-refractivity contribution in [3.05, 3.63) is 34.9 Å². The third-order valence-electron chi connectivity index (χ3n) is 7.00. The minimum atomic E-state index is -0.610. The fraction of sp³-hybridized carbons (Fsp3) is 0.667. The van der Waals surface area contributed by atoms with E-state index in [1.165, 1.54) is 16.7 Å². The quantitative estimate of drug-likeness (QED) is 0.436. The largest absolute Gasteiger partial charge is 0.481 e. The predicted octanol–water partition coefficient (Wildman–Crippen LogP) is 5.54. The molecule has 1 aromatic rings. The Kier molecular flexibility index (Phi) is 6.47. The lowest BCUT2D eigenvalue weighted by atomic mass is 9.94. The Morgan fingerprint density at radius 2 is 1.36 bits per heavy atom. The lowest BCUT2D eigenvalue weighted by Gasteiger charge is -2.12. The van der Waals surface area contributed by atoms with E-state index >= 15 is 0 Å². The first-order valence-corrected chi connectivity index (χ1v) is 10.9. The first-order valence-electron chi connectivity index (χ1n) is 10.9. The van der Waals surface area contributed by atoms with Gasteiger partial charge < -0.3 is 10.2 Å². The number of unbranched alkanes of at least 4 members (excludes halogenated alkanes) is 3.